The Kier molecular flexibility index (Phi) is 8.89. The van der Waals surface area contributed by atoms with Gasteiger partial charge in [0.25, 0.3) is 0 Å². The summed E-state index contributed by atoms with van der Waals surface area (Å²) in [5, 5.41) is 9.88. The normalized spacial score (nSPS) is 16.7. The van der Waals surface area contributed by atoms with Crippen LogP contribution in [0, 0.1) is 0 Å². The van der Waals surface area contributed by atoms with Crippen molar-refractivity contribution in [3.63, 3.8) is 0 Å². The number of carboxylic acid groups (broad SMARTS) is 1. The minimum atomic E-state index is -0.910. The number of H-pyrrole nitrogens is 1. The van der Waals surface area contributed by atoms with Gasteiger partial charge in [0.15, 0.2) is 5.16 Å². The van der Waals surface area contributed by atoms with Crippen LogP contribution in [0.15, 0.2) is 5.16 Å². The largest absolute Gasteiger partial charge is 0.480 e. The number of likely N-dealkylation sites (tertiary alicyclic amines) is 1. The summed E-state index contributed by atoms with van der Waals surface area (Å²) in [5.41, 5.74) is 2.20. The Hall–Kier alpha value is -1.50. The van der Waals surface area contributed by atoms with Crippen molar-refractivity contribution in [1.82, 2.24) is 14.9 Å². The number of rotatable bonds is 7. The molecule has 1 aliphatic rings. The molecule has 2 N–H and O–H groups in total. The second-order valence-corrected chi connectivity index (χ2v) is 6.41. The Morgan fingerprint density at radius 1 is 1.38 bits per heavy atom. The molecule has 1 unspecified atom stereocenters. The highest BCUT2D eigenvalue weighted by molar-refractivity contribution is 7.99. The molecule has 0 aliphatic carbocycles. The fourth-order valence-corrected chi connectivity index (χ4v) is 3.57. The predicted molar refractivity (Wildman–Crippen MR) is 96.4 cm³/mol. The molecule has 1 aliphatic heterocycles. The van der Waals surface area contributed by atoms with E-state index in [1.807, 2.05) is 13.8 Å². The molecular weight excluding hydrogens is 326 g/mol. The van der Waals surface area contributed by atoms with Crippen LogP contribution in [-0.2, 0) is 22.4 Å². The zero-order valence-electron chi connectivity index (χ0n) is 15.1. The van der Waals surface area contributed by atoms with Gasteiger partial charge in [-0.1, -0.05) is 45.9 Å². The third-order valence-electron chi connectivity index (χ3n) is 3.87. The maximum absolute atomic E-state index is 12.2. The van der Waals surface area contributed by atoms with Crippen molar-refractivity contribution in [2.75, 3.05) is 12.3 Å². The highest BCUT2D eigenvalue weighted by Crippen LogP contribution is 2.22. The summed E-state index contributed by atoms with van der Waals surface area (Å²) in [4.78, 5) is 32.6. The van der Waals surface area contributed by atoms with Crippen LogP contribution in [0.2, 0.25) is 0 Å². The molecule has 1 aromatic heterocycles. The lowest BCUT2D eigenvalue weighted by Crippen LogP contribution is -2.41. The van der Waals surface area contributed by atoms with E-state index in [-0.39, 0.29) is 11.7 Å². The molecule has 0 saturated carbocycles. The van der Waals surface area contributed by atoms with Gasteiger partial charge in [-0.2, -0.15) is 0 Å². The van der Waals surface area contributed by atoms with E-state index in [9.17, 15) is 9.59 Å². The number of thioether (sulfide) groups is 1. The molecule has 1 aromatic rings. The molecular formula is C17H29N3O3S. The Bertz CT molecular complexity index is 545. The molecule has 0 radical (unpaired) electrons. The van der Waals surface area contributed by atoms with Crippen molar-refractivity contribution in [3.8, 4) is 0 Å². The van der Waals surface area contributed by atoms with Crippen LogP contribution in [0.3, 0.4) is 0 Å². The summed E-state index contributed by atoms with van der Waals surface area (Å²) in [6, 6.07) is -0.661. The Balaban J connectivity index is 0.00000139. The van der Waals surface area contributed by atoms with Crippen molar-refractivity contribution < 1.29 is 14.7 Å². The van der Waals surface area contributed by atoms with Gasteiger partial charge < -0.3 is 15.0 Å². The molecule has 1 saturated heterocycles. The van der Waals surface area contributed by atoms with Crippen molar-refractivity contribution >= 4 is 23.6 Å². The highest BCUT2D eigenvalue weighted by Gasteiger charge is 2.33. The molecule has 2 heterocycles. The Morgan fingerprint density at radius 2 is 2.08 bits per heavy atom. The molecule has 0 aromatic carbocycles. The van der Waals surface area contributed by atoms with E-state index in [1.165, 1.54) is 16.7 Å². The van der Waals surface area contributed by atoms with Gasteiger partial charge >= 0.3 is 5.97 Å². The molecule has 0 bridgehead atoms. The fourth-order valence-electron chi connectivity index (χ4n) is 2.77. The van der Waals surface area contributed by atoms with Crippen molar-refractivity contribution in [3.05, 3.63) is 11.4 Å². The average Bonchev–Trinajstić information content (AvgIpc) is 3.21. The van der Waals surface area contributed by atoms with Gasteiger partial charge in [0.1, 0.15) is 6.04 Å². The van der Waals surface area contributed by atoms with Gasteiger partial charge in [0.05, 0.1) is 11.4 Å². The molecule has 136 valence electrons. The molecule has 6 nitrogen and oxygen atoms in total. The van der Waals surface area contributed by atoms with Crippen LogP contribution in [0.4, 0.5) is 0 Å². The van der Waals surface area contributed by atoms with Crippen LogP contribution in [0.1, 0.15) is 58.3 Å². The van der Waals surface area contributed by atoms with E-state index < -0.39 is 12.0 Å². The first-order chi connectivity index (χ1) is 11.6. The molecule has 7 heteroatoms. The number of carboxylic acids is 1. The fraction of sp³-hybridized carbons (Fsp3) is 0.706. The molecule has 24 heavy (non-hydrogen) atoms. The monoisotopic (exact) mass is 355 g/mol. The van der Waals surface area contributed by atoms with Crippen molar-refractivity contribution in [1.29, 1.82) is 0 Å². The van der Waals surface area contributed by atoms with Crippen LogP contribution in [0.5, 0.6) is 0 Å². The van der Waals surface area contributed by atoms with E-state index in [4.69, 9.17) is 5.11 Å². The number of aromatic amines is 1. The number of aliphatic carboxylic acids is 1. The highest BCUT2D eigenvalue weighted by atomic mass is 32.2. The number of nitrogens with zero attached hydrogens (tertiary/aromatic N) is 2. The number of carbonyl (C=O) groups excluding carboxylic acids is 1. The Labute approximate surface area is 148 Å². The average molecular weight is 356 g/mol. The number of carbonyl (C=O) groups is 2. The van der Waals surface area contributed by atoms with Crippen molar-refractivity contribution in [2.45, 2.75) is 71.0 Å². The van der Waals surface area contributed by atoms with Gasteiger partial charge in [-0.05, 0) is 25.7 Å². The van der Waals surface area contributed by atoms with Gasteiger partial charge in [0.2, 0.25) is 5.91 Å². The lowest BCUT2D eigenvalue weighted by atomic mass is 10.2. The van der Waals surface area contributed by atoms with Crippen LogP contribution in [0.25, 0.3) is 0 Å². The van der Waals surface area contributed by atoms with E-state index in [2.05, 4.69) is 23.8 Å². The SMILES string of the molecule is CC.CCCc1[nH]c(SCC(=O)N2CCCC2C(=O)O)nc1CC. The number of nitrogens with one attached hydrogen (secondary N) is 1. The van der Waals surface area contributed by atoms with Gasteiger partial charge in [-0.3, -0.25) is 4.79 Å². The van der Waals surface area contributed by atoms with Crippen LogP contribution < -0.4 is 0 Å². The smallest absolute Gasteiger partial charge is 0.326 e. The maximum atomic E-state index is 12.2. The lowest BCUT2D eigenvalue weighted by Gasteiger charge is -2.20. The summed E-state index contributed by atoms with van der Waals surface area (Å²) in [6.45, 7) is 8.72. The summed E-state index contributed by atoms with van der Waals surface area (Å²) in [7, 11) is 0. The van der Waals surface area contributed by atoms with Crippen LogP contribution >= 0.6 is 11.8 Å². The van der Waals surface area contributed by atoms with Gasteiger partial charge in [0, 0.05) is 12.2 Å². The first-order valence-electron chi connectivity index (χ1n) is 8.79. The topological polar surface area (TPSA) is 86.3 Å². The van der Waals surface area contributed by atoms with Crippen LogP contribution in [-0.4, -0.2) is 50.2 Å². The molecule has 1 atom stereocenters. The number of hydrogen-bond acceptors (Lipinski definition) is 4. The quantitative estimate of drug-likeness (QED) is 0.734. The van der Waals surface area contributed by atoms with E-state index in [0.717, 1.165) is 42.2 Å². The summed E-state index contributed by atoms with van der Waals surface area (Å²) >= 11 is 1.35. The summed E-state index contributed by atoms with van der Waals surface area (Å²) in [6.07, 6.45) is 4.18. The molecule has 1 amide bonds. The van der Waals surface area contributed by atoms with Gasteiger partial charge in [-0.25, -0.2) is 9.78 Å². The number of hydrogen-bond donors (Lipinski definition) is 2. The number of imidazole rings is 1. The summed E-state index contributed by atoms with van der Waals surface area (Å²) < 4.78 is 0. The van der Waals surface area contributed by atoms with E-state index in [0.29, 0.717) is 13.0 Å². The molecule has 2 rings (SSSR count). The molecule has 0 spiro atoms. The maximum Gasteiger partial charge on any atom is 0.326 e. The number of amides is 1. The van der Waals surface area contributed by atoms with Gasteiger partial charge in [-0.15, -0.1) is 0 Å². The minimum absolute atomic E-state index is 0.124. The lowest BCUT2D eigenvalue weighted by molar-refractivity contribution is -0.147. The standard InChI is InChI=1S/C15H23N3O3S.C2H6/c1-3-6-11-10(4-2)16-15(17-11)22-9-13(19)18-8-5-7-12(18)14(20)21;1-2/h12H,3-9H2,1-2H3,(H,16,17)(H,20,21);1-2H3. The first kappa shape index (κ1) is 20.5. The third-order valence-corrected chi connectivity index (χ3v) is 4.73. The zero-order chi connectivity index (χ0) is 18.1. The third kappa shape index (κ3) is 5.26. The minimum Gasteiger partial charge on any atom is -0.480 e. The number of aryl methyl sites for hydroxylation is 2. The molecule has 1 fully saturated rings. The second-order valence-electron chi connectivity index (χ2n) is 5.44. The predicted octanol–water partition coefficient (Wildman–Crippen LogP) is 3.12. The summed E-state index contributed by atoms with van der Waals surface area (Å²) in [5.74, 6) is -0.805. The number of aromatic nitrogens is 2. The van der Waals surface area contributed by atoms with E-state index >= 15 is 0 Å². The van der Waals surface area contributed by atoms with E-state index in [1.54, 1.807) is 0 Å². The second kappa shape index (κ2) is 10.4. The van der Waals surface area contributed by atoms with Crippen molar-refractivity contribution in [2.24, 2.45) is 0 Å². The Morgan fingerprint density at radius 3 is 2.67 bits per heavy atom. The zero-order valence-corrected chi connectivity index (χ0v) is 15.9. The first-order valence-corrected chi connectivity index (χ1v) is 9.78.